The van der Waals surface area contributed by atoms with Crippen molar-refractivity contribution in [2.45, 2.75) is 45.3 Å². The third kappa shape index (κ3) is 4.01. The lowest BCUT2D eigenvalue weighted by molar-refractivity contribution is -0.146. The standard InChI is InChI=1S/C11H20O4/c1-5-11(4,9(13)14)7-6-8(12)10(2,3)15/h5,8,12,15H,1,6-7H2,2-4H3,(H,13,14)/t8-,11-/m0/s1. The van der Waals surface area contributed by atoms with Crippen molar-refractivity contribution >= 4 is 5.97 Å². The van der Waals surface area contributed by atoms with Gasteiger partial charge >= 0.3 is 5.97 Å². The second kappa shape index (κ2) is 4.77. The SMILES string of the molecule is C=C[C@@](C)(CC[C@H](O)C(C)(C)O)C(=O)O. The lowest BCUT2D eigenvalue weighted by atomic mass is 9.83. The molecule has 0 heterocycles. The highest BCUT2D eigenvalue weighted by Crippen LogP contribution is 2.27. The molecule has 0 aromatic heterocycles. The fraction of sp³-hybridized carbons (Fsp3) is 0.727. The fourth-order valence-electron chi connectivity index (χ4n) is 1.09. The summed E-state index contributed by atoms with van der Waals surface area (Å²) < 4.78 is 0. The van der Waals surface area contributed by atoms with Gasteiger partial charge in [-0.25, -0.2) is 0 Å². The third-order valence-electron chi connectivity index (χ3n) is 2.69. The molecule has 0 saturated heterocycles. The van der Waals surface area contributed by atoms with Crippen molar-refractivity contribution in [3.05, 3.63) is 12.7 Å². The molecule has 0 fully saturated rings. The van der Waals surface area contributed by atoms with E-state index in [2.05, 4.69) is 6.58 Å². The van der Waals surface area contributed by atoms with Crippen LogP contribution in [0.1, 0.15) is 33.6 Å². The van der Waals surface area contributed by atoms with Crippen LogP contribution in [0.5, 0.6) is 0 Å². The van der Waals surface area contributed by atoms with Gasteiger partial charge in [-0.3, -0.25) is 4.79 Å². The van der Waals surface area contributed by atoms with E-state index in [1.165, 1.54) is 19.9 Å². The molecule has 0 amide bonds. The van der Waals surface area contributed by atoms with Crippen molar-refractivity contribution in [2.24, 2.45) is 5.41 Å². The molecule has 4 nitrogen and oxygen atoms in total. The van der Waals surface area contributed by atoms with Gasteiger partial charge in [0.15, 0.2) is 0 Å². The molecule has 15 heavy (non-hydrogen) atoms. The first-order valence-electron chi connectivity index (χ1n) is 4.91. The lowest BCUT2D eigenvalue weighted by Gasteiger charge is -2.27. The molecule has 0 bridgehead atoms. The number of hydrogen-bond acceptors (Lipinski definition) is 3. The summed E-state index contributed by atoms with van der Waals surface area (Å²) in [5, 5.41) is 28.0. The minimum Gasteiger partial charge on any atom is -0.481 e. The maximum Gasteiger partial charge on any atom is 0.313 e. The van der Waals surface area contributed by atoms with Crippen molar-refractivity contribution < 1.29 is 20.1 Å². The van der Waals surface area contributed by atoms with E-state index < -0.39 is 23.1 Å². The number of rotatable bonds is 6. The van der Waals surface area contributed by atoms with E-state index in [-0.39, 0.29) is 12.8 Å². The molecule has 0 aromatic carbocycles. The van der Waals surface area contributed by atoms with Crippen LogP contribution in [0.15, 0.2) is 12.7 Å². The number of carboxylic acid groups (broad SMARTS) is 1. The molecular weight excluding hydrogens is 196 g/mol. The molecule has 88 valence electrons. The highest BCUT2D eigenvalue weighted by Gasteiger charge is 2.32. The second-order valence-corrected chi connectivity index (χ2v) is 4.63. The molecule has 0 rings (SSSR count). The number of hydrogen-bond donors (Lipinski definition) is 3. The quantitative estimate of drug-likeness (QED) is 0.582. The van der Waals surface area contributed by atoms with Crippen LogP contribution in [0.2, 0.25) is 0 Å². The minimum absolute atomic E-state index is 0.221. The first-order chi connectivity index (χ1) is 6.63. The zero-order chi connectivity index (χ0) is 12.3. The Morgan fingerprint density at radius 3 is 2.20 bits per heavy atom. The molecule has 0 saturated carbocycles. The Hall–Kier alpha value is -0.870. The Labute approximate surface area is 90.2 Å². The zero-order valence-corrected chi connectivity index (χ0v) is 9.53. The number of aliphatic hydroxyl groups is 2. The van der Waals surface area contributed by atoms with Gasteiger partial charge in [-0.1, -0.05) is 6.08 Å². The van der Waals surface area contributed by atoms with Crippen LogP contribution in [0, 0.1) is 5.41 Å². The fourth-order valence-corrected chi connectivity index (χ4v) is 1.09. The number of aliphatic carboxylic acids is 1. The largest absolute Gasteiger partial charge is 0.481 e. The smallest absolute Gasteiger partial charge is 0.313 e. The topological polar surface area (TPSA) is 77.8 Å². The Balaban J connectivity index is 4.37. The summed E-state index contributed by atoms with van der Waals surface area (Å²) in [5.74, 6) is -0.972. The summed E-state index contributed by atoms with van der Waals surface area (Å²) in [6, 6.07) is 0. The van der Waals surface area contributed by atoms with Crippen molar-refractivity contribution in [2.75, 3.05) is 0 Å². The number of aliphatic hydroxyl groups excluding tert-OH is 1. The Morgan fingerprint density at radius 2 is 1.93 bits per heavy atom. The van der Waals surface area contributed by atoms with E-state index in [0.717, 1.165) is 0 Å². The Morgan fingerprint density at radius 1 is 1.47 bits per heavy atom. The molecular formula is C11H20O4. The van der Waals surface area contributed by atoms with Gasteiger partial charge in [0.2, 0.25) is 0 Å². The molecule has 3 N–H and O–H groups in total. The van der Waals surface area contributed by atoms with Crippen LogP contribution in [-0.2, 0) is 4.79 Å². The van der Waals surface area contributed by atoms with Crippen LogP contribution in [0.4, 0.5) is 0 Å². The van der Waals surface area contributed by atoms with Gasteiger partial charge in [0.05, 0.1) is 17.1 Å². The second-order valence-electron chi connectivity index (χ2n) is 4.63. The van der Waals surface area contributed by atoms with Gasteiger partial charge in [-0.15, -0.1) is 6.58 Å². The van der Waals surface area contributed by atoms with Crippen LogP contribution in [0.3, 0.4) is 0 Å². The van der Waals surface area contributed by atoms with Crippen LogP contribution < -0.4 is 0 Å². The summed E-state index contributed by atoms with van der Waals surface area (Å²) in [6.07, 6.45) is 0.887. The number of carboxylic acids is 1. The van der Waals surface area contributed by atoms with E-state index in [4.69, 9.17) is 5.11 Å². The van der Waals surface area contributed by atoms with Crippen LogP contribution >= 0.6 is 0 Å². The molecule has 0 aliphatic rings. The first kappa shape index (κ1) is 14.1. The van der Waals surface area contributed by atoms with Crippen LogP contribution in [0.25, 0.3) is 0 Å². The van der Waals surface area contributed by atoms with E-state index in [9.17, 15) is 15.0 Å². The van der Waals surface area contributed by atoms with E-state index in [1.54, 1.807) is 6.92 Å². The lowest BCUT2D eigenvalue weighted by Crippen LogP contribution is -2.37. The normalized spacial score (nSPS) is 17.9. The molecule has 4 heteroatoms. The molecule has 0 aromatic rings. The van der Waals surface area contributed by atoms with Gasteiger partial charge < -0.3 is 15.3 Å². The number of carbonyl (C=O) groups is 1. The summed E-state index contributed by atoms with van der Waals surface area (Å²) in [6.45, 7) is 7.99. The Bertz CT molecular complexity index is 241. The first-order valence-corrected chi connectivity index (χ1v) is 4.91. The molecule has 2 atom stereocenters. The summed E-state index contributed by atoms with van der Waals surface area (Å²) in [7, 11) is 0. The van der Waals surface area contributed by atoms with E-state index in [0.29, 0.717) is 0 Å². The maximum absolute atomic E-state index is 10.9. The van der Waals surface area contributed by atoms with Crippen molar-refractivity contribution in [1.29, 1.82) is 0 Å². The average molecular weight is 216 g/mol. The van der Waals surface area contributed by atoms with E-state index in [1.807, 2.05) is 0 Å². The zero-order valence-electron chi connectivity index (χ0n) is 9.53. The summed E-state index contributed by atoms with van der Waals surface area (Å²) in [4.78, 5) is 10.9. The van der Waals surface area contributed by atoms with E-state index >= 15 is 0 Å². The van der Waals surface area contributed by atoms with Crippen molar-refractivity contribution in [3.63, 3.8) is 0 Å². The molecule has 0 aliphatic heterocycles. The van der Waals surface area contributed by atoms with Crippen LogP contribution in [-0.4, -0.2) is 33.0 Å². The molecule has 0 spiro atoms. The van der Waals surface area contributed by atoms with Gasteiger partial charge in [-0.2, -0.15) is 0 Å². The molecule has 0 radical (unpaired) electrons. The Kier molecular flexibility index (Phi) is 4.49. The average Bonchev–Trinajstić information content (AvgIpc) is 2.11. The van der Waals surface area contributed by atoms with Gasteiger partial charge in [0.1, 0.15) is 0 Å². The van der Waals surface area contributed by atoms with Gasteiger partial charge in [-0.05, 0) is 33.6 Å². The minimum atomic E-state index is -1.21. The summed E-state index contributed by atoms with van der Waals surface area (Å²) in [5.41, 5.74) is -2.26. The summed E-state index contributed by atoms with van der Waals surface area (Å²) >= 11 is 0. The highest BCUT2D eigenvalue weighted by atomic mass is 16.4. The predicted octanol–water partition coefficient (Wildman–Crippen LogP) is 1.18. The molecule has 0 aliphatic carbocycles. The highest BCUT2D eigenvalue weighted by molar-refractivity contribution is 5.76. The monoisotopic (exact) mass is 216 g/mol. The van der Waals surface area contributed by atoms with Gasteiger partial charge in [0, 0.05) is 0 Å². The molecule has 0 unspecified atom stereocenters. The van der Waals surface area contributed by atoms with Crippen molar-refractivity contribution in [3.8, 4) is 0 Å². The van der Waals surface area contributed by atoms with Gasteiger partial charge in [0.25, 0.3) is 0 Å². The third-order valence-corrected chi connectivity index (χ3v) is 2.69. The predicted molar refractivity (Wildman–Crippen MR) is 57.5 cm³/mol. The maximum atomic E-state index is 10.9. The van der Waals surface area contributed by atoms with Crippen molar-refractivity contribution in [1.82, 2.24) is 0 Å².